The molecule has 2 aliphatic rings. The van der Waals surface area contributed by atoms with E-state index in [4.69, 9.17) is 16.0 Å². The molecule has 1 aliphatic heterocycles. The summed E-state index contributed by atoms with van der Waals surface area (Å²) in [5.41, 5.74) is 3.96. The van der Waals surface area contributed by atoms with Gasteiger partial charge in [0.15, 0.2) is 0 Å². The number of anilines is 1. The van der Waals surface area contributed by atoms with Gasteiger partial charge in [-0.2, -0.15) is 8.42 Å². The van der Waals surface area contributed by atoms with E-state index in [0.717, 1.165) is 44.3 Å². The number of nitrogens with zero attached hydrogens (tertiary/aromatic N) is 1. The standard InChI is InChI=1S/C36H36ClNO6S/c1-4-6-16-38(17-7-5-2)26-13-10-24(11-14-26)8-9-25-12-15-27(35(19-25)45(41,42)43)36-28-18-23(3)31(39)21-33(28)44-34-22-32(40)30(37)20-29(34)36/h8-15,18-22,39H,4-7,16-17H2,1-3H3,(H,41,42,43)/b9-8+. The smallest absolute Gasteiger partial charge is 0.295 e. The summed E-state index contributed by atoms with van der Waals surface area (Å²) in [7, 11) is -4.71. The summed E-state index contributed by atoms with van der Waals surface area (Å²) in [5.74, 6) is 0.137. The van der Waals surface area contributed by atoms with Crippen LogP contribution in [0.15, 0.2) is 80.8 Å². The zero-order valence-corrected chi connectivity index (χ0v) is 27.1. The fourth-order valence-corrected chi connectivity index (χ4v) is 6.34. The van der Waals surface area contributed by atoms with Crippen LogP contribution in [0.1, 0.15) is 56.2 Å². The molecule has 0 unspecified atom stereocenters. The summed E-state index contributed by atoms with van der Waals surface area (Å²) in [5, 5.41) is 10.8. The van der Waals surface area contributed by atoms with Gasteiger partial charge in [0.1, 0.15) is 22.0 Å². The maximum Gasteiger partial charge on any atom is 0.295 e. The minimum absolute atomic E-state index is 0.0222. The van der Waals surface area contributed by atoms with Crippen LogP contribution in [0.25, 0.3) is 45.6 Å². The van der Waals surface area contributed by atoms with Crippen molar-refractivity contribution in [3.05, 3.63) is 98.7 Å². The van der Waals surface area contributed by atoms with Crippen molar-refractivity contribution in [2.24, 2.45) is 0 Å². The Morgan fingerprint density at radius 2 is 1.51 bits per heavy atom. The molecule has 0 saturated carbocycles. The molecule has 0 bridgehead atoms. The lowest BCUT2D eigenvalue weighted by Crippen LogP contribution is -2.25. The highest BCUT2D eigenvalue weighted by molar-refractivity contribution is 7.86. The second kappa shape index (κ2) is 13.5. The van der Waals surface area contributed by atoms with Crippen LogP contribution in [-0.2, 0) is 10.1 Å². The maximum absolute atomic E-state index is 12.8. The number of hydrogen-bond acceptors (Lipinski definition) is 6. The van der Waals surface area contributed by atoms with E-state index in [2.05, 4.69) is 30.9 Å². The first kappa shape index (κ1) is 32.3. The van der Waals surface area contributed by atoms with Crippen molar-refractivity contribution in [2.75, 3.05) is 18.0 Å². The van der Waals surface area contributed by atoms with Crippen LogP contribution in [0.5, 0.6) is 5.75 Å². The van der Waals surface area contributed by atoms with Crippen LogP contribution in [0.4, 0.5) is 5.69 Å². The number of benzene rings is 4. The molecule has 0 aromatic heterocycles. The first-order valence-electron chi connectivity index (χ1n) is 15.0. The van der Waals surface area contributed by atoms with Crippen molar-refractivity contribution < 1.29 is 22.5 Å². The van der Waals surface area contributed by atoms with Crippen molar-refractivity contribution in [1.29, 1.82) is 0 Å². The van der Waals surface area contributed by atoms with Crippen LogP contribution >= 0.6 is 11.6 Å². The number of phenolic OH excluding ortho intramolecular Hbond substituents is 1. The Morgan fingerprint density at radius 1 is 0.867 bits per heavy atom. The minimum Gasteiger partial charge on any atom is -0.508 e. The molecule has 3 aromatic carbocycles. The van der Waals surface area contributed by atoms with Gasteiger partial charge in [-0.15, -0.1) is 0 Å². The molecule has 2 N–H and O–H groups in total. The molecule has 1 heterocycles. The molecule has 3 aromatic rings. The lowest BCUT2D eigenvalue weighted by molar-refractivity contribution is 0.470. The van der Waals surface area contributed by atoms with E-state index < -0.39 is 15.5 Å². The summed E-state index contributed by atoms with van der Waals surface area (Å²) in [6, 6.07) is 18.8. The Balaban J connectivity index is 1.58. The van der Waals surface area contributed by atoms with Crippen LogP contribution in [0.2, 0.25) is 5.02 Å². The lowest BCUT2D eigenvalue weighted by Gasteiger charge is -2.24. The van der Waals surface area contributed by atoms with Crippen LogP contribution in [0.3, 0.4) is 0 Å². The van der Waals surface area contributed by atoms with Crippen LogP contribution < -0.4 is 10.3 Å². The molecule has 0 spiro atoms. The molecule has 234 valence electrons. The van der Waals surface area contributed by atoms with Crippen molar-refractivity contribution in [3.63, 3.8) is 0 Å². The summed E-state index contributed by atoms with van der Waals surface area (Å²) < 4.78 is 41.9. The summed E-state index contributed by atoms with van der Waals surface area (Å²) >= 11 is 6.21. The molecular formula is C36H36ClNO6S. The van der Waals surface area contributed by atoms with E-state index in [1.165, 1.54) is 30.0 Å². The van der Waals surface area contributed by atoms with E-state index in [-0.39, 0.29) is 32.6 Å². The molecule has 0 amide bonds. The number of fused-ring (bicyclic) bond motifs is 2. The molecule has 5 rings (SSSR count). The van der Waals surface area contributed by atoms with Gasteiger partial charge < -0.3 is 14.4 Å². The van der Waals surface area contributed by atoms with Crippen molar-refractivity contribution in [1.82, 2.24) is 0 Å². The Kier molecular flexibility index (Phi) is 9.68. The highest BCUT2D eigenvalue weighted by atomic mass is 35.5. The largest absolute Gasteiger partial charge is 0.508 e. The summed E-state index contributed by atoms with van der Waals surface area (Å²) in [6.45, 7) is 8.12. The average molecular weight is 646 g/mol. The minimum atomic E-state index is -4.71. The molecule has 45 heavy (non-hydrogen) atoms. The number of rotatable bonds is 11. The second-order valence-corrected chi connectivity index (χ2v) is 13.0. The average Bonchev–Trinajstić information content (AvgIpc) is 3.01. The molecule has 7 nitrogen and oxygen atoms in total. The quantitative estimate of drug-likeness (QED) is 0.0838. The molecule has 0 atom stereocenters. The van der Waals surface area contributed by atoms with Crippen molar-refractivity contribution in [2.45, 2.75) is 51.3 Å². The van der Waals surface area contributed by atoms with Gasteiger partial charge in [0.2, 0.25) is 5.43 Å². The number of phenols is 1. The third kappa shape index (κ3) is 7.09. The van der Waals surface area contributed by atoms with Crippen LogP contribution in [0, 0.1) is 6.92 Å². The normalized spacial score (nSPS) is 12.0. The molecule has 1 aliphatic carbocycles. The van der Waals surface area contributed by atoms with Gasteiger partial charge in [0, 0.05) is 53.0 Å². The van der Waals surface area contributed by atoms with Gasteiger partial charge in [-0.3, -0.25) is 9.35 Å². The number of halogens is 1. The molecule has 0 saturated heterocycles. The maximum atomic E-state index is 12.8. The first-order chi connectivity index (χ1) is 21.5. The lowest BCUT2D eigenvalue weighted by atomic mass is 9.92. The number of aryl methyl sites for hydroxylation is 1. The van der Waals surface area contributed by atoms with Gasteiger partial charge in [-0.05, 0) is 66.8 Å². The van der Waals surface area contributed by atoms with E-state index in [9.17, 15) is 22.9 Å². The van der Waals surface area contributed by atoms with Gasteiger partial charge in [-0.25, -0.2) is 0 Å². The van der Waals surface area contributed by atoms with E-state index in [1.54, 1.807) is 31.2 Å². The Bertz CT molecular complexity index is 2010. The second-order valence-electron chi connectivity index (χ2n) is 11.2. The number of hydrogen-bond donors (Lipinski definition) is 2. The Hall–Kier alpha value is -4.11. The molecular weight excluding hydrogens is 610 g/mol. The fourth-order valence-electron chi connectivity index (χ4n) is 5.44. The van der Waals surface area contributed by atoms with Crippen molar-refractivity contribution >= 4 is 50.5 Å². The Morgan fingerprint density at radius 3 is 2.16 bits per heavy atom. The van der Waals surface area contributed by atoms with Gasteiger partial charge in [-0.1, -0.05) is 74.7 Å². The van der Waals surface area contributed by atoms with Gasteiger partial charge >= 0.3 is 0 Å². The zero-order chi connectivity index (χ0) is 32.3. The third-order valence-electron chi connectivity index (χ3n) is 7.93. The predicted octanol–water partition coefficient (Wildman–Crippen LogP) is 9.06. The molecule has 9 heteroatoms. The van der Waals surface area contributed by atoms with Gasteiger partial charge in [0.25, 0.3) is 10.1 Å². The van der Waals surface area contributed by atoms with Crippen molar-refractivity contribution in [3.8, 4) is 28.2 Å². The van der Waals surface area contributed by atoms with E-state index in [0.29, 0.717) is 27.6 Å². The van der Waals surface area contributed by atoms with Gasteiger partial charge in [0.05, 0.1) is 5.02 Å². The van der Waals surface area contributed by atoms with Crippen LogP contribution in [-0.4, -0.2) is 31.2 Å². The topological polar surface area (TPSA) is 108 Å². The van der Waals surface area contributed by atoms with E-state index >= 15 is 0 Å². The third-order valence-corrected chi connectivity index (χ3v) is 9.12. The first-order valence-corrected chi connectivity index (χ1v) is 16.9. The molecule has 0 fully saturated rings. The SMILES string of the molecule is CCCCN(CCCC)c1ccc(/C=C/c2ccc(-c3c4cc(Cl)c(=O)cc-4oc4cc(O)c(C)cc34)c(S(=O)(=O)O)c2)cc1. The number of aromatic hydroxyl groups is 1. The predicted molar refractivity (Wildman–Crippen MR) is 183 cm³/mol. The van der Waals surface area contributed by atoms with E-state index in [1.807, 2.05) is 18.2 Å². The highest BCUT2D eigenvalue weighted by Crippen LogP contribution is 2.44. The summed E-state index contributed by atoms with van der Waals surface area (Å²) in [6.07, 6.45) is 8.22. The molecule has 0 radical (unpaired) electrons. The summed E-state index contributed by atoms with van der Waals surface area (Å²) in [4.78, 5) is 14.4. The number of unbranched alkanes of at least 4 members (excludes halogenated alkanes) is 2. The fraction of sp³-hybridized carbons (Fsp3) is 0.250. The Labute approximate surface area is 268 Å². The monoisotopic (exact) mass is 645 g/mol. The zero-order valence-electron chi connectivity index (χ0n) is 25.5. The highest BCUT2D eigenvalue weighted by Gasteiger charge is 2.25.